The van der Waals surface area contributed by atoms with Gasteiger partial charge in [-0.05, 0) is 36.8 Å². The molecule has 0 bridgehead atoms. The fourth-order valence-electron chi connectivity index (χ4n) is 2.00. The Morgan fingerprint density at radius 1 is 1.14 bits per heavy atom. The lowest BCUT2D eigenvalue weighted by Gasteiger charge is -2.11. The topological polar surface area (TPSA) is 47.6 Å². The average Bonchev–Trinajstić information content (AvgIpc) is 2.56. The van der Waals surface area contributed by atoms with Crippen LogP contribution in [0.4, 0.5) is 5.69 Å². The van der Waals surface area contributed by atoms with Crippen LogP contribution in [0.15, 0.2) is 48.5 Å². The minimum absolute atomic E-state index is 0.189. The van der Waals surface area contributed by atoms with Gasteiger partial charge in [-0.15, -0.1) is 0 Å². The van der Waals surface area contributed by atoms with Crippen LogP contribution in [0.3, 0.4) is 0 Å². The minimum Gasteiger partial charge on any atom is -0.495 e. The summed E-state index contributed by atoms with van der Waals surface area (Å²) in [7, 11) is 1.58. The Hall–Kier alpha value is -2.49. The summed E-state index contributed by atoms with van der Waals surface area (Å²) in [6.07, 6.45) is 2.08. The van der Waals surface area contributed by atoms with Crippen molar-refractivity contribution < 1.29 is 14.3 Å². The van der Waals surface area contributed by atoms with Crippen molar-refractivity contribution in [1.82, 2.24) is 0 Å². The number of amides is 1. The number of benzene rings is 2. The van der Waals surface area contributed by atoms with Crippen LogP contribution in [0.1, 0.15) is 30.1 Å². The van der Waals surface area contributed by atoms with Gasteiger partial charge in [0.2, 0.25) is 0 Å². The molecule has 0 saturated heterocycles. The lowest BCUT2D eigenvalue weighted by Crippen LogP contribution is -2.12. The zero-order valence-corrected chi connectivity index (χ0v) is 13.0. The molecule has 116 valence electrons. The number of rotatable bonds is 7. The second-order valence-electron chi connectivity index (χ2n) is 4.88. The molecule has 0 radical (unpaired) electrons. The van der Waals surface area contributed by atoms with E-state index in [1.54, 1.807) is 31.4 Å². The molecule has 0 aliphatic rings. The van der Waals surface area contributed by atoms with Gasteiger partial charge in [0.15, 0.2) is 0 Å². The standard InChI is InChI=1S/C18H21NO3/c1-3-4-12-22-15-9-7-8-14(13-15)18(20)19-16-10-5-6-11-17(16)21-2/h5-11,13H,3-4,12H2,1-2H3,(H,19,20). The third-order valence-electron chi connectivity index (χ3n) is 3.22. The Kier molecular flexibility index (Phi) is 5.83. The Bertz CT molecular complexity index is 625. The zero-order chi connectivity index (χ0) is 15.8. The highest BCUT2D eigenvalue weighted by Crippen LogP contribution is 2.24. The third kappa shape index (κ3) is 4.25. The molecule has 0 fully saturated rings. The molecular formula is C18H21NO3. The molecule has 2 aromatic rings. The first kappa shape index (κ1) is 15.9. The SMILES string of the molecule is CCCCOc1cccc(C(=O)Nc2ccccc2OC)c1. The maximum absolute atomic E-state index is 12.3. The fraction of sp³-hybridized carbons (Fsp3) is 0.278. The van der Waals surface area contributed by atoms with Crippen molar-refractivity contribution in [3.8, 4) is 11.5 Å². The molecule has 1 N–H and O–H groups in total. The molecule has 0 atom stereocenters. The van der Waals surface area contributed by atoms with Crippen LogP contribution in [0.5, 0.6) is 11.5 Å². The van der Waals surface area contributed by atoms with Gasteiger partial charge in [-0.1, -0.05) is 31.5 Å². The maximum atomic E-state index is 12.3. The predicted octanol–water partition coefficient (Wildman–Crippen LogP) is 4.13. The van der Waals surface area contributed by atoms with Crippen molar-refractivity contribution in [2.75, 3.05) is 19.0 Å². The first-order chi connectivity index (χ1) is 10.7. The number of hydrogen-bond donors (Lipinski definition) is 1. The quantitative estimate of drug-likeness (QED) is 0.782. The summed E-state index contributed by atoms with van der Waals surface area (Å²) in [4.78, 5) is 12.3. The Labute approximate surface area is 131 Å². The summed E-state index contributed by atoms with van der Waals surface area (Å²) < 4.78 is 10.9. The van der Waals surface area contributed by atoms with E-state index in [9.17, 15) is 4.79 Å². The van der Waals surface area contributed by atoms with Crippen LogP contribution in [-0.2, 0) is 0 Å². The molecule has 0 aromatic heterocycles. The number of unbranched alkanes of at least 4 members (excludes halogenated alkanes) is 1. The van der Waals surface area contributed by atoms with Crippen molar-refractivity contribution in [3.05, 3.63) is 54.1 Å². The highest BCUT2D eigenvalue weighted by molar-refractivity contribution is 6.05. The van der Waals surface area contributed by atoms with E-state index < -0.39 is 0 Å². The summed E-state index contributed by atoms with van der Waals surface area (Å²) in [5, 5.41) is 2.85. The summed E-state index contributed by atoms with van der Waals surface area (Å²) in [6, 6.07) is 14.5. The number of carbonyl (C=O) groups excluding carboxylic acids is 1. The van der Waals surface area contributed by atoms with Crippen molar-refractivity contribution in [3.63, 3.8) is 0 Å². The summed E-state index contributed by atoms with van der Waals surface area (Å²) in [5.41, 5.74) is 1.20. The van der Waals surface area contributed by atoms with Gasteiger partial charge in [-0.25, -0.2) is 0 Å². The molecule has 0 aliphatic carbocycles. The van der Waals surface area contributed by atoms with Gasteiger partial charge in [0, 0.05) is 5.56 Å². The van der Waals surface area contributed by atoms with Crippen molar-refractivity contribution in [2.45, 2.75) is 19.8 Å². The lowest BCUT2D eigenvalue weighted by atomic mass is 10.2. The molecule has 4 heteroatoms. The van der Waals surface area contributed by atoms with Gasteiger partial charge < -0.3 is 14.8 Å². The number of ether oxygens (including phenoxy) is 2. The van der Waals surface area contributed by atoms with Crippen molar-refractivity contribution in [1.29, 1.82) is 0 Å². The van der Waals surface area contributed by atoms with Gasteiger partial charge >= 0.3 is 0 Å². The van der Waals surface area contributed by atoms with E-state index in [4.69, 9.17) is 9.47 Å². The fourth-order valence-corrected chi connectivity index (χ4v) is 2.00. The van der Waals surface area contributed by atoms with Crippen LogP contribution in [-0.4, -0.2) is 19.6 Å². The first-order valence-electron chi connectivity index (χ1n) is 7.42. The molecule has 4 nitrogen and oxygen atoms in total. The minimum atomic E-state index is -0.189. The second-order valence-corrected chi connectivity index (χ2v) is 4.88. The van der Waals surface area contributed by atoms with E-state index in [2.05, 4.69) is 12.2 Å². The molecule has 1 amide bonds. The van der Waals surface area contributed by atoms with Gasteiger partial charge in [0.1, 0.15) is 11.5 Å². The Balaban J connectivity index is 2.07. The largest absolute Gasteiger partial charge is 0.495 e. The lowest BCUT2D eigenvalue weighted by molar-refractivity contribution is 0.102. The third-order valence-corrected chi connectivity index (χ3v) is 3.22. The molecule has 0 spiro atoms. The van der Waals surface area contributed by atoms with E-state index >= 15 is 0 Å². The number of para-hydroxylation sites is 2. The number of hydrogen-bond acceptors (Lipinski definition) is 3. The van der Waals surface area contributed by atoms with Gasteiger partial charge in [0.05, 0.1) is 19.4 Å². The maximum Gasteiger partial charge on any atom is 0.255 e. The van der Waals surface area contributed by atoms with E-state index in [-0.39, 0.29) is 5.91 Å². The summed E-state index contributed by atoms with van der Waals surface area (Å²) in [5.74, 6) is 1.15. The molecule has 2 rings (SSSR count). The van der Waals surface area contributed by atoms with E-state index in [1.807, 2.05) is 24.3 Å². The van der Waals surface area contributed by atoms with Crippen molar-refractivity contribution in [2.24, 2.45) is 0 Å². The Morgan fingerprint density at radius 3 is 2.73 bits per heavy atom. The summed E-state index contributed by atoms with van der Waals surface area (Å²) >= 11 is 0. The van der Waals surface area contributed by atoms with Gasteiger partial charge in [0.25, 0.3) is 5.91 Å². The molecule has 0 unspecified atom stereocenters. The normalized spacial score (nSPS) is 10.1. The molecule has 0 saturated carbocycles. The number of methoxy groups -OCH3 is 1. The second kappa shape index (κ2) is 8.08. The molecule has 0 heterocycles. The van der Waals surface area contributed by atoms with Crippen LogP contribution in [0.25, 0.3) is 0 Å². The number of nitrogens with one attached hydrogen (secondary N) is 1. The molecular weight excluding hydrogens is 278 g/mol. The van der Waals surface area contributed by atoms with Gasteiger partial charge in [-0.3, -0.25) is 4.79 Å². The highest BCUT2D eigenvalue weighted by Gasteiger charge is 2.10. The first-order valence-corrected chi connectivity index (χ1v) is 7.42. The number of carbonyl (C=O) groups is 1. The summed E-state index contributed by atoms with van der Waals surface area (Å²) in [6.45, 7) is 2.77. The number of anilines is 1. The van der Waals surface area contributed by atoms with E-state index in [0.717, 1.165) is 12.8 Å². The van der Waals surface area contributed by atoms with Gasteiger partial charge in [-0.2, -0.15) is 0 Å². The smallest absolute Gasteiger partial charge is 0.255 e. The predicted molar refractivity (Wildman–Crippen MR) is 87.8 cm³/mol. The zero-order valence-electron chi connectivity index (χ0n) is 13.0. The molecule has 0 aliphatic heterocycles. The Morgan fingerprint density at radius 2 is 1.95 bits per heavy atom. The highest BCUT2D eigenvalue weighted by atomic mass is 16.5. The van der Waals surface area contributed by atoms with Crippen LogP contribution < -0.4 is 14.8 Å². The van der Waals surface area contributed by atoms with Crippen molar-refractivity contribution >= 4 is 11.6 Å². The molecule has 22 heavy (non-hydrogen) atoms. The average molecular weight is 299 g/mol. The molecule has 2 aromatic carbocycles. The van der Waals surface area contributed by atoms with E-state index in [0.29, 0.717) is 29.4 Å². The van der Waals surface area contributed by atoms with Crippen LogP contribution in [0.2, 0.25) is 0 Å². The van der Waals surface area contributed by atoms with Crippen LogP contribution in [0, 0.1) is 0 Å². The monoisotopic (exact) mass is 299 g/mol. The van der Waals surface area contributed by atoms with E-state index in [1.165, 1.54) is 0 Å². The van der Waals surface area contributed by atoms with Crippen LogP contribution >= 0.6 is 0 Å².